The fourth-order valence-corrected chi connectivity index (χ4v) is 1.72. The van der Waals surface area contributed by atoms with Crippen molar-refractivity contribution in [3.05, 3.63) is 76.1 Å². The summed E-state index contributed by atoms with van der Waals surface area (Å²) in [5, 5.41) is 1.18. The van der Waals surface area contributed by atoms with Gasteiger partial charge in [0.25, 0.3) is 0 Å². The van der Waals surface area contributed by atoms with Crippen molar-refractivity contribution in [2.45, 2.75) is 0 Å². The molecule has 0 spiro atoms. The zero-order valence-corrected chi connectivity index (χ0v) is 12.4. The molecule has 0 atom stereocenters. The quantitative estimate of drug-likeness (QED) is 0.708. The summed E-state index contributed by atoms with van der Waals surface area (Å²) in [6.07, 6.45) is 2.01. The average Bonchev–Trinajstić information content (AvgIpc) is 2.26. The van der Waals surface area contributed by atoms with Crippen molar-refractivity contribution in [1.29, 1.82) is 0 Å². The van der Waals surface area contributed by atoms with Crippen LogP contribution in [0.2, 0.25) is 10.0 Å². The predicted molar refractivity (Wildman–Crippen MR) is 65.4 cm³/mol. The second-order valence-electron chi connectivity index (χ2n) is 3.20. The fraction of sp³-hybridized carbons (Fsp3) is 0. The molecule has 0 unspecified atom stereocenters. The largest absolute Gasteiger partial charge is 0.132 e. The van der Waals surface area contributed by atoms with Gasteiger partial charge in [0.1, 0.15) is 0 Å². The smallest absolute Gasteiger partial charge is 0.0256 e. The Morgan fingerprint density at radius 3 is 2.19 bits per heavy atom. The van der Waals surface area contributed by atoms with Gasteiger partial charge in [0.2, 0.25) is 0 Å². The maximum atomic E-state index is 6.08. The summed E-state index contributed by atoms with van der Waals surface area (Å²) in [4.78, 5) is 0. The zero-order valence-electron chi connectivity index (χ0n) is 8.45. The van der Waals surface area contributed by atoms with Crippen molar-refractivity contribution in [2.75, 3.05) is 0 Å². The number of hydrogen-bond donors (Lipinski definition) is 0. The Balaban J connectivity index is 0.00000128. The summed E-state index contributed by atoms with van der Waals surface area (Å²) in [6, 6.07) is 15.6. The van der Waals surface area contributed by atoms with Crippen LogP contribution in [0.1, 0.15) is 11.1 Å². The standard InChI is InChI=1S/C13H9Cl2.Zr/c14-12-8-4-7-11(13(12)15)9-10-5-2-1-3-6-10;/h1-9H;/q-1;. The average molecular weight is 327 g/mol. The van der Waals surface area contributed by atoms with Crippen molar-refractivity contribution in [3.8, 4) is 0 Å². The Morgan fingerprint density at radius 1 is 0.812 bits per heavy atom. The van der Waals surface area contributed by atoms with E-state index in [1.165, 1.54) is 0 Å². The van der Waals surface area contributed by atoms with Crippen LogP contribution in [-0.4, -0.2) is 0 Å². The van der Waals surface area contributed by atoms with E-state index in [0.717, 1.165) is 11.1 Å². The maximum absolute atomic E-state index is 6.08. The molecule has 3 heteroatoms. The number of benzene rings is 2. The number of halogens is 2. The molecule has 2 aromatic rings. The van der Waals surface area contributed by atoms with Gasteiger partial charge in [-0.1, -0.05) is 41.9 Å². The van der Waals surface area contributed by atoms with Crippen LogP contribution in [0.15, 0.2) is 48.5 Å². The third-order valence-corrected chi connectivity index (χ3v) is 2.94. The van der Waals surface area contributed by atoms with Crippen molar-refractivity contribution in [1.82, 2.24) is 0 Å². The molecule has 0 bridgehead atoms. The predicted octanol–water partition coefficient (Wildman–Crippen LogP) is 4.59. The van der Waals surface area contributed by atoms with Gasteiger partial charge in [0.15, 0.2) is 0 Å². The van der Waals surface area contributed by atoms with E-state index in [0.29, 0.717) is 10.0 Å². The molecule has 0 nitrogen and oxygen atoms in total. The van der Waals surface area contributed by atoms with Crippen LogP contribution < -0.4 is 0 Å². The van der Waals surface area contributed by atoms with Gasteiger partial charge in [-0.15, -0.1) is 47.3 Å². The van der Waals surface area contributed by atoms with Gasteiger partial charge < -0.3 is 0 Å². The topological polar surface area (TPSA) is 0 Å². The van der Waals surface area contributed by atoms with Crippen molar-refractivity contribution >= 4 is 23.2 Å². The molecule has 80 valence electrons. The molecular formula is C13H9Cl2Zr-. The van der Waals surface area contributed by atoms with Gasteiger partial charge in [-0.25, -0.2) is 0 Å². The molecule has 2 rings (SSSR count). The molecule has 0 aliphatic rings. The fourth-order valence-electron chi connectivity index (χ4n) is 1.36. The minimum atomic E-state index is 0. The first-order valence-electron chi connectivity index (χ1n) is 4.61. The maximum Gasteiger partial charge on any atom is 0.0256 e. The van der Waals surface area contributed by atoms with Gasteiger partial charge in [-0.05, 0) is 0 Å². The zero-order chi connectivity index (χ0) is 10.7. The molecule has 0 saturated heterocycles. The van der Waals surface area contributed by atoms with Gasteiger partial charge in [-0.2, -0.15) is 0 Å². The van der Waals surface area contributed by atoms with Crippen LogP contribution in [0.3, 0.4) is 0 Å². The van der Waals surface area contributed by atoms with Gasteiger partial charge in [0.05, 0.1) is 0 Å². The molecule has 0 aromatic heterocycles. The summed E-state index contributed by atoms with van der Waals surface area (Å²) in [5.41, 5.74) is 2.05. The molecule has 0 aliphatic heterocycles. The monoisotopic (exact) mass is 325 g/mol. The molecule has 0 radical (unpaired) electrons. The molecule has 0 fully saturated rings. The van der Waals surface area contributed by atoms with Crippen LogP contribution in [-0.2, 0) is 26.2 Å². The van der Waals surface area contributed by atoms with Crippen molar-refractivity contribution in [2.24, 2.45) is 0 Å². The molecule has 0 heterocycles. The summed E-state index contributed by atoms with van der Waals surface area (Å²) < 4.78 is 0. The van der Waals surface area contributed by atoms with Crippen LogP contribution in [0.4, 0.5) is 0 Å². The summed E-state index contributed by atoms with van der Waals surface area (Å²) in [5.74, 6) is 0. The van der Waals surface area contributed by atoms with Gasteiger partial charge >= 0.3 is 0 Å². The van der Waals surface area contributed by atoms with Crippen LogP contribution in [0, 0.1) is 6.42 Å². The molecule has 0 aliphatic carbocycles. The molecule has 0 N–H and O–H groups in total. The molecule has 0 saturated carbocycles. The van der Waals surface area contributed by atoms with E-state index in [9.17, 15) is 0 Å². The first-order chi connectivity index (χ1) is 7.27. The third kappa shape index (κ3) is 3.38. The Labute approximate surface area is 125 Å². The van der Waals surface area contributed by atoms with E-state index in [1.54, 1.807) is 6.07 Å². The Morgan fingerprint density at radius 2 is 1.50 bits per heavy atom. The minimum absolute atomic E-state index is 0. The number of rotatable bonds is 2. The molecule has 0 amide bonds. The van der Waals surface area contributed by atoms with E-state index >= 15 is 0 Å². The summed E-state index contributed by atoms with van der Waals surface area (Å²) in [7, 11) is 0. The van der Waals surface area contributed by atoms with E-state index in [1.807, 2.05) is 48.9 Å². The molecule has 2 aromatic carbocycles. The van der Waals surface area contributed by atoms with Crippen molar-refractivity contribution in [3.63, 3.8) is 0 Å². The summed E-state index contributed by atoms with van der Waals surface area (Å²) in [6.45, 7) is 0. The Hall–Kier alpha value is -0.227. The summed E-state index contributed by atoms with van der Waals surface area (Å²) >= 11 is 12.0. The Bertz CT molecular complexity index is 455. The second kappa shape index (κ2) is 6.49. The first-order valence-corrected chi connectivity index (χ1v) is 5.37. The minimum Gasteiger partial charge on any atom is -0.132 e. The van der Waals surface area contributed by atoms with Crippen molar-refractivity contribution < 1.29 is 26.2 Å². The van der Waals surface area contributed by atoms with E-state index in [4.69, 9.17) is 23.2 Å². The number of hydrogen-bond acceptors (Lipinski definition) is 0. The second-order valence-corrected chi connectivity index (χ2v) is 3.98. The SMILES string of the molecule is Clc1cccc([CH-]c2ccccc2)c1Cl.[Zr]. The Kier molecular flexibility index (Phi) is 5.62. The third-order valence-electron chi connectivity index (χ3n) is 2.10. The first kappa shape index (κ1) is 13.8. The van der Waals surface area contributed by atoms with Crippen LogP contribution >= 0.6 is 23.2 Å². The van der Waals surface area contributed by atoms with Crippen LogP contribution in [0.5, 0.6) is 0 Å². The normalized spacial score (nSPS) is 9.38. The molecule has 16 heavy (non-hydrogen) atoms. The van der Waals surface area contributed by atoms with E-state index in [2.05, 4.69) is 0 Å². The van der Waals surface area contributed by atoms with Gasteiger partial charge in [-0.3, -0.25) is 0 Å². The van der Waals surface area contributed by atoms with E-state index in [-0.39, 0.29) is 26.2 Å². The van der Waals surface area contributed by atoms with Crippen LogP contribution in [0.25, 0.3) is 0 Å². The van der Waals surface area contributed by atoms with E-state index < -0.39 is 0 Å². The van der Waals surface area contributed by atoms with Gasteiger partial charge in [0, 0.05) is 36.2 Å². The molecular weight excluding hydrogens is 318 g/mol.